The van der Waals surface area contributed by atoms with Crippen LogP contribution in [0.5, 0.6) is 5.75 Å². The summed E-state index contributed by atoms with van der Waals surface area (Å²) in [6.45, 7) is 0. The van der Waals surface area contributed by atoms with E-state index in [1.54, 1.807) is 24.3 Å². The molecular weight excluding hydrogens is 239 g/mol. The fraction of sp³-hybridized carbons (Fsp3) is 0. The number of aromatic hydroxyl groups is 1. The zero-order valence-electron chi connectivity index (χ0n) is 4.92. The summed E-state index contributed by atoms with van der Waals surface area (Å²) < 4.78 is 0. The first kappa shape index (κ1) is 12.2. The molecule has 0 spiro atoms. The second-order valence-electron chi connectivity index (χ2n) is 1.34. The largest absolute Gasteiger partial charge is 2.00 e. The van der Waals surface area contributed by atoms with Crippen molar-refractivity contribution >= 4 is 23.1 Å². The van der Waals surface area contributed by atoms with Gasteiger partial charge >= 0.3 is 23.1 Å². The minimum Gasteiger partial charge on any atom is -1.00 e. The third-order valence-electron chi connectivity index (χ3n) is 0.756. The van der Waals surface area contributed by atoms with Crippen molar-refractivity contribution in [3.05, 3.63) is 30.3 Å². The van der Waals surface area contributed by atoms with Gasteiger partial charge in [0.2, 0.25) is 0 Å². The molecule has 1 rings (SSSR count). The summed E-state index contributed by atoms with van der Waals surface area (Å²) in [5.41, 5.74) is 0. The van der Waals surface area contributed by atoms with E-state index < -0.39 is 0 Å². The van der Waals surface area contributed by atoms with Crippen LogP contribution in [0.3, 0.4) is 0 Å². The van der Waals surface area contributed by atoms with Crippen molar-refractivity contribution in [1.29, 1.82) is 0 Å². The Morgan fingerprint density at radius 2 is 1.44 bits per heavy atom. The van der Waals surface area contributed by atoms with Crippen molar-refractivity contribution < 1.29 is 29.1 Å². The standard InChI is InChI=1S/C6H6O.HI.Mg/c7-6-4-2-1-3-5-6;;/h1-5,7H;1H;/q;;+2/p-1. The predicted molar refractivity (Wildman–Crippen MR) is 33.9 cm³/mol. The number of benzene rings is 1. The predicted octanol–water partition coefficient (Wildman–Crippen LogP) is -1.98. The Bertz CT molecular complexity index is 143. The SMILES string of the molecule is Oc1ccccc1.[I-].[Mg+2]. The van der Waals surface area contributed by atoms with Gasteiger partial charge in [0, 0.05) is 0 Å². The van der Waals surface area contributed by atoms with Gasteiger partial charge in [-0.3, -0.25) is 0 Å². The van der Waals surface area contributed by atoms with Crippen LogP contribution in [0.25, 0.3) is 0 Å². The molecule has 0 aromatic heterocycles. The summed E-state index contributed by atoms with van der Waals surface area (Å²) in [6, 6.07) is 8.71. The van der Waals surface area contributed by atoms with Crippen LogP contribution in [0.2, 0.25) is 0 Å². The fourth-order valence-electron chi connectivity index (χ4n) is 0.428. The Morgan fingerprint density at radius 3 is 1.67 bits per heavy atom. The molecule has 0 unspecified atom stereocenters. The molecule has 0 aliphatic rings. The quantitative estimate of drug-likeness (QED) is 0.415. The monoisotopic (exact) mass is 245 g/mol. The Balaban J connectivity index is 0. The van der Waals surface area contributed by atoms with Gasteiger partial charge in [-0.1, -0.05) is 18.2 Å². The van der Waals surface area contributed by atoms with Gasteiger partial charge in [0.05, 0.1) is 0 Å². The molecule has 0 heterocycles. The average Bonchev–Trinajstić information content (AvgIpc) is 1.69. The molecule has 3 heteroatoms. The normalized spacial score (nSPS) is 6.67. The van der Waals surface area contributed by atoms with Crippen molar-refractivity contribution in [2.45, 2.75) is 0 Å². The Kier molecular flexibility index (Phi) is 9.00. The van der Waals surface area contributed by atoms with E-state index in [1.807, 2.05) is 6.07 Å². The molecule has 0 saturated heterocycles. The third kappa shape index (κ3) is 4.99. The number of para-hydroxylation sites is 1. The fourth-order valence-corrected chi connectivity index (χ4v) is 0.428. The Hall–Kier alpha value is 0.516. The van der Waals surface area contributed by atoms with Crippen LogP contribution in [0.15, 0.2) is 30.3 Å². The van der Waals surface area contributed by atoms with Gasteiger partial charge in [0.15, 0.2) is 0 Å². The van der Waals surface area contributed by atoms with E-state index in [-0.39, 0.29) is 47.0 Å². The van der Waals surface area contributed by atoms with Gasteiger partial charge in [0.25, 0.3) is 0 Å². The van der Waals surface area contributed by atoms with Gasteiger partial charge in [0.1, 0.15) is 5.75 Å². The maximum absolute atomic E-state index is 8.63. The van der Waals surface area contributed by atoms with E-state index in [0.717, 1.165) is 0 Å². The molecule has 1 aromatic rings. The molecule has 0 radical (unpaired) electrons. The van der Waals surface area contributed by atoms with Crippen LogP contribution in [0, 0.1) is 0 Å². The van der Waals surface area contributed by atoms with Gasteiger partial charge < -0.3 is 29.1 Å². The summed E-state index contributed by atoms with van der Waals surface area (Å²) >= 11 is 0. The zero-order chi connectivity index (χ0) is 5.11. The Morgan fingerprint density at radius 1 is 1.00 bits per heavy atom. The number of rotatable bonds is 0. The molecule has 1 N–H and O–H groups in total. The van der Waals surface area contributed by atoms with E-state index >= 15 is 0 Å². The maximum atomic E-state index is 8.63. The third-order valence-corrected chi connectivity index (χ3v) is 0.756. The zero-order valence-corrected chi connectivity index (χ0v) is 8.49. The van der Waals surface area contributed by atoms with Crippen LogP contribution < -0.4 is 24.0 Å². The van der Waals surface area contributed by atoms with Gasteiger partial charge in [-0.15, -0.1) is 0 Å². The van der Waals surface area contributed by atoms with Crippen molar-refractivity contribution in [1.82, 2.24) is 0 Å². The second-order valence-corrected chi connectivity index (χ2v) is 1.34. The van der Waals surface area contributed by atoms with Crippen molar-refractivity contribution in [3.8, 4) is 5.75 Å². The molecule has 0 amide bonds. The van der Waals surface area contributed by atoms with Gasteiger partial charge in [-0.05, 0) is 12.1 Å². The molecule has 0 atom stereocenters. The summed E-state index contributed by atoms with van der Waals surface area (Å²) in [7, 11) is 0. The van der Waals surface area contributed by atoms with Gasteiger partial charge in [-0.2, -0.15) is 0 Å². The maximum Gasteiger partial charge on any atom is 2.00 e. The van der Waals surface area contributed by atoms with E-state index in [9.17, 15) is 0 Å². The minimum atomic E-state index is 0. The van der Waals surface area contributed by atoms with Crippen LogP contribution in [0.4, 0.5) is 0 Å². The smallest absolute Gasteiger partial charge is 1.00 e. The molecule has 0 aliphatic heterocycles. The van der Waals surface area contributed by atoms with Crippen molar-refractivity contribution in [2.75, 3.05) is 0 Å². The molecule has 44 valence electrons. The molecule has 0 saturated carbocycles. The summed E-state index contributed by atoms with van der Waals surface area (Å²) in [4.78, 5) is 0. The average molecular weight is 245 g/mol. The molecule has 1 aromatic carbocycles. The van der Waals surface area contributed by atoms with E-state index in [2.05, 4.69) is 0 Å². The van der Waals surface area contributed by atoms with E-state index in [4.69, 9.17) is 5.11 Å². The molecule has 0 aliphatic carbocycles. The van der Waals surface area contributed by atoms with E-state index in [0.29, 0.717) is 5.75 Å². The number of phenolic OH excluding ortho intramolecular Hbond substituents is 1. The number of phenols is 1. The Labute approximate surface area is 87.6 Å². The number of hydrogen-bond acceptors (Lipinski definition) is 1. The summed E-state index contributed by atoms with van der Waals surface area (Å²) in [5.74, 6) is 0.322. The van der Waals surface area contributed by atoms with E-state index in [1.165, 1.54) is 0 Å². The molecule has 0 bridgehead atoms. The van der Waals surface area contributed by atoms with Crippen LogP contribution in [-0.2, 0) is 0 Å². The molecular formula is C6H6IMgO+. The summed E-state index contributed by atoms with van der Waals surface area (Å²) in [5, 5.41) is 8.63. The molecule has 1 nitrogen and oxygen atoms in total. The van der Waals surface area contributed by atoms with Crippen LogP contribution in [-0.4, -0.2) is 28.2 Å². The van der Waals surface area contributed by atoms with Crippen molar-refractivity contribution in [2.24, 2.45) is 0 Å². The van der Waals surface area contributed by atoms with Crippen molar-refractivity contribution in [3.63, 3.8) is 0 Å². The van der Waals surface area contributed by atoms with Crippen LogP contribution >= 0.6 is 0 Å². The first-order chi connectivity index (χ1) is 3.39. The summed E-state index contributed by atoms with van der Waals surface area (Å²) in [6.07, 6.45) is 0. The first-order valence-electron chi connectivity index (χ1n) is 2.13. The number of hydrogen-bond donors (Lipinski definition) is 1. The number of halogens is 1. The topological polar surface area (TPSA) is 20.2 Å². The first-order valence-corrected chi connectivity index (χ1v) is 2.13. The minimum absolute atomic E-state index is 0. The second kappa shape index (κ2) is 6.63. The molecule has 9 heavy (non-hydrogen) atoms. The van der Waals surface area contributed by atoms with Crippen LogP contribution in [0.1, 0.15) is 0 Å². The van der Waals surface area contributed by atoms with Gasteiger partial charge in [-0.25, -0.2) is 0 Å². The molecule has 0 fully saturated rings.